The first kappa shape index (κ1) is 22.0. The number of hydrogen-bond acceptors (Lipinski definition) is 3. The van der Waals surface area contributed by atoms with Gasteiger partial charge in [0.05, 0.1) is 19.7 Å². The molecule has 5 nitrogen and oxygen atoms in total. The highest BCUT2D eigenvalue weighted by Crippen LogP contribution is 2.28. The molecule has 6 heteroatoms. The Kier molecular flexibility index (Phi) is 7.24. The van der Waals surface area contributed by atoms with E-state index in [1.165, 1.54) is 16.0 Å². The fourth-order valence-electron chi connectivity index (χ4n) is 3.55. The third kappa shape index (κ3) is 4.89. The summed E-state index contributed by atoms with van der Waals surface area (Å²) < 4.78 is 10.1. The molecule has 0 aliphatic carbocycles. The number of nitrogens with zero attached hydrogens (tertiary/aromatic N) is 3. The van der Waals surface area contributed by atoms with Gasteiger partial charge in [-0.2, -0.15) is 4.68 Å². The maximum absolute atomic E-state index is 5.75. The summed E-state index contributed by atoms with van der Waals surface area (Å²) in [7, 11) is 3.83. The number of rotatable bonds is 9. The minimum atomic E-state index is 0.546. The molecule has 1 heterocycles. The summed E-state index contributed by atoms with van der Waals surface area (Å²) in [5, 5.41) is 4.85. The van der Waals surface area contributed by atoms with Crippen molar-refractivity contribution in [2.24, 2.45) is 0 Å². The number of para-hydroxylation sites is 1. The third-order valence-corrected chi connectivity index (χ3v) is 5.59. The van der Waals surface area contributed by atoms with Gasteiger partial charge in [-0.05, 0) is 35.8 Å². The molecule has 0 aliphatic heterocycles. The van der Waals surface area contributed by atoms with E-state index in [1.807, 2.05) is 39.6 Å². The molecule has 1 atom stereocenters. The van der Waals surface area contributed by atoms with Crippen molar-refractivity contribution in [1.82, 2.24) is 14.3 Å². The number of nitrogens with one attached hydrogen (secondary N) is 1. The van der Waals surface area contributed by atoms with Crippen LogP contribution >= 0.6 is 12.2 Å². The molecule has 0 spiro atoms. The first-order valence-electron chi connectivity index (χ1n) is 10.3. The minimum absolute atomic E-state index is 0.546. The van der Waals surface area contributed by atoms with E-state index in [0.717, 1.165) is 23.7 Å². The second-order valence-electron chi connectivity index (χ2n) is 7.89. The van der Waals surface area contributed by atoms with Crippen LogP contribution in [0.25, 0.3) is 11.4 Å². The van der Waals surface area contributed by atoms with Crippen LogP contribution < -0.4 is 9.64 Å². The minimum Gasteiger partial charge on any atom is -0.496 e. The molecule has 1 N–H and O–H groups in total. The van der Waals surface area contributed by atoms with Crippen LogP contribution in [-0.2, 0) is 19.8 Å². The van der Waals surface area contributed by atoms with E-state index in [9.17, 15) is 0 Å². The quantitative estimate of drug-likeness (QED) is 0.416. The number of methoxy groups -OCH3 is 1. The molecule has 2 aromatic carbocycles. The molecule has 0 saturated carbocycles. The topological polar surface area (TPSA) is 36.4 Å². The van der Waals surface area contributed by atoms with Crippen molar-refractivity contribution in [1.29, 1.82) is 0 Å². The summed E-state index contributed by atoms with van der Waals surface area (Å²) in [5.41, 5.74) is 3.59. The fourth-order valence-corrected chi connectivity index (χ4v) is 3.81. The highest BCUT2D eigenvalue weighted by Gasteiger charge is 2.17. The van der Waals surface area contributed by atoms with E-state index >= 15 is 0 Å². The van der Waals surface area contributed by atoms with Crippen LogP contribution in [0, 0.1) is 4.77 Å². The van der Waals surface area contributed by atoms with Crippen molar-refractivity contribution in [3.05, 3.63) is 77.1 Å². The third-order valence-electron chi connectivity index (χ3n) is 5.15. The summed E-state index contributed by atoms with van der Waals surface area (Å²) in [6.45, 7) is 10.5. The molecule has 0 radical (unpaired) electrons. The van der Waals surface area contributed by atoms with Gasteiger partial charge in [0.2, 0.25) is 4.77 Å². The Morgan fingerprint density at radius 3 is 2.50 bits per heavy atom. The molecular weight excluding hydrogens is 392 g/mol. The Hall–Kier alpha value is -2.70. The second-order valence-corrected chi connectivity index (χ2v) is 8.26. The fraction of sp³-hybridized carbons (Fsp3) is 0.333. The lowest BCUT2D eigenvalue weighted by Crippen LogP contribution is -3.07. The molecule has 30 heavy (non-hydrogen) atoms. The van der Waals surface area contributed by atoms with Crippen LogP contribution in [0.1, 0.15) is 30.9 Å². The number of aromatic nitrogens is 3. The molecule has 0 aliphatic rings. The molecule has 3 aromatic rings. The van der Waals surface area contributed by atoms with Gasteiger partial charge in [0.25, 0.3) is 0 Å². The zero-order valence-corrected chi connectivity index (χ0v) is 19.1. The van der Waals surface area contributed by atoms with Crippen molar-refractivity contribution < 1.29 is 9.64 Å². The van der Waals surface area contributed by atoms with Gasteiger partial charge >= 0.3 is 0 Å². The maximum Gasteiger partial charge on any atom is 0.203 e. The molecule has 3 rings (SSSR count). The molecule has 1 aromatic heterocycles. The maximum atomic E-state index is 5.75. The molecule has 0 fully saturated rings. The van der Waals surface area contributed by atoms with E-state index in [1.54, 1.807) is 7.11 Å². The Morgan fingerprint density at radius 1 is 1.17 bits per heavy atom. The van der Waals surface area contributed by atoms with Crippen LogP contribution in [0.15, 0.2) is 61.2 Å². The van der Waals surface area contributed by atoms with Gasteiger partial charge in [-0.25, -0.2) is 0 Å². The van der Waals surface area contributed by atoms with Crippen molar-refractivity contribution in [2.45, 2.75) is 39.5 Å². The van der Waals surface area contributed by atoms with E-state index in [4.69, 9.17) is 22.1 Å². The lowest BCUT2D eigenvalue weighted by Gasteiger charge is -2.14. The lowest BCUT2D eigenvalue weighted by molar-refractivity contribution is -0.917. The van der Waals surface area contributed by atoms with Crippen molar-refractivity contribution in [3.63, 3.8) is 0 Å². The van der Waals surface area contributed by atoms with Crippen LogP contribution in [0.3, 0.4) is 0 Å². The molecule has 0 bridgehead atoms. The molecule has 158 valence electrons. The first-order chi connectivity index (χ1) is 14.4. The second kappa shape index (κ2) is 9.87. The number of allylic oxidation sites excluding steroid dienone is 1. The SMILES string of the molecule is C=CCn1c(-c2ccccc2OC)nn(C[NH+](C)Cc2ccc(C(C)C)cc2)c1=S. The summed E-state index contributed by atoms with van der Waals surface area (Å²) in [5.74, 6) is 2.12. The van der Waals surface area contributed by atoms with Crippen LogP contribution in [0.5, 0.6) is 5.75 Å². The van der Waals surface area contributed by atoms with Gasteiger partial charge < -0.3 is 9.64 Å². The highest BCUT2D eigenvalue weighted by molar-refractivity contribution is 7.71. The van der Waals surface area contributed by atoms with E-state index in [0.29, 0.717) is 23.9 Å². The van der Waals surface area contributed by atoms with Crippen LogP contribution in [0.2, 0.25) is 0 Å². The number of benzene rings is 2. The predicted octanol–water partition coefficient (Wildman–Crippen LogP) is 4.07. The summed E-state index contributed by atoms with van der Waals surface area (Å²) in [6, 6.07) is 16.8. The zero-order chi connectivity index (χ0) is 21.7. The number of ether oxygens (including phenoxy) is 1. The Bertz CT molecular complexity index is 1050. The lowest BCUT2D eigenvalue weighted by atomic mass is 10.0. The van der Waals surface area contributed by atoms with Crippen molar-refractivity contribution in [2.75, 3.05) is 14.2 Å². The van der Waals surface area contributed by atoms with Gasteiger partial charge in [-0.1, -0.05) is 56.3 Å². The normalized spacial score (nSPS) is 12.2. The van der Waals surface area contributed by atoms with E-state index in [2.05, 4.69) is 51.7 Å². The van der Waals surface area contributed by atoms with E-state index in [-0.39, 0.29) is 0 Å². The smallest absolute Gasteiger partial charge is 0.203 e. The average Bonchev–Trinajstić information content (AvgIpc) is 3.04. The first-order valence-corrected chi connectivity index (χ1v) is 10.7. The summed E-state index contributed by atoms with van der Waals surface area (Å²) >= 11 is 5.75. The van der Waals surface area contributed by atoms with Crippen molar-refractivity contribution in [3.8, 4) is 17.1 Å². The molecular formula is C24H31N4OS+. The number of quaternary nitrogens is 1. The van der Waals surface area contributed by atoms with Gasteiger partial charge in [-0.15, -0.1) is 11.7 Å². The zero-order valence-electron chi connectivity index (χ0n) is 18.3. The van der Waals surface area contributed by atoms with Gasteiger partial charge in [-0.3, -0.25) is 4.57 Å². The van der Waals surface area contributed by atoms with Crippen molar-refractivity contribution >= 4 is 12.2 Å². The summed E-state index contributed by atoms with van der Waals surface area (Å²) in [4.78, 5) is 1.30. The largest absolute Gasteiger partial charge is 0.496 e. The van der Waals surface area contributed by atoms with Gasteiger partial charge in [0.1, 0.15) is 12.3 Å². The van der Waals surface area contributed by atoms with Gasteiger partial charge in [0, 0.05) is 12.1 Å². The van der Waals surface area contributed by atoms with Crippen LogP contribution in [0.4, 0.5) is 0 Å². The Labute approximate surface area is 184 Å². The Balaban J connectivity index is 1.85. The van der Waals surface area contributed by atoms with E-state index < -0.39 is 0 Å². The average molecular weight is 424 g/mol. The van der Waals surface area contributed by atoms with Gasteiger partial charge in [0.15, 0.2) is 12.5 Å². The standard InChI is InChI=1S/C24H30N4OS/c1-6-15-27-23(21-9-7-8-10-22(21)29-5)25-28(24(27)30)17-26(4)16-19-11-13-20(14-12-19)18(2)3/h6-14,18H,1,15-17H2,2-5H3/p+1. The molecule has 1 unspecified atom stereocenters. The summed E-state index contributed by atoms with van der Waals surface area (Å²) in [6.07, 6.45) is 1.84. The number of hydrogen-bond donors (Lipinski definition) is 1. The Morgan fingerprint density at radius 2 is 1.87 bits per heavy atom. The van der Waals surface area contributed by atoms with Crippen LogP contribution in [-0.4, -0.2) is 28.5 Å². The monoisotopic (exact) mass is 423 g/mol. The molecule has 0 saturated heterocycles. The molecule has 0 amide bonds. The highest BCUT2D eigenvalue weighted by atomic mass is 32.1. The predicted molar refractivity (Wildman–Crippen MR) is 124 cm³/mol.